The number of alkyl halides is 6. The molecule has 0 spiro atoms. The van der Waals surface area contributed by atoms with Gasteiger partial charge in [0.25, 0.3) is 0 Å². The minimum atomic E-state index is -4.76. The van der Waals surface area contributed by atoms with E-state index >= 15 is 0 Å². The van der Waals surface area contributed by atoms with Crippen LogP contribution in [0.5, 0.6) is 0 Å². The van der Waals surface area contributed by atoms with Crippen molar-refractivity contribution in [3.63, 3.8) is 0 Å². The van der Waals surface area contributed by atoms with Crippen molar-refractivity contribution in [1.82, 2.24) is 9.97 Å². The number of aromatic nitrogens is 2. The zero-order valence-electron chi connectivity index (χ0n) is 8.94. The van der Waals surface area contributed by atoms with Crippen molar-refractivity contribution in [3.8, 4) is 0 Å². The Morgan fingerprint density at radius 3 is 2.17 bits per heavy atom. The van der Waals surface area contributed by atoms with Crippen LogP contribution in [-0.4, -0.2) is 16.1 Å². The molecule has 102 valence electrons. The average Bonchev–Trinajstić information content (AvgIpc) is 2.24. The number of halogens is 6. The number of hydrogen-bond acceptors (Lipinski definition) is 3. The van der Waals surface area contributed by atoms with Gasteiger partial charge in [-0.25, -0.2) is 9.97 Å². The summed E-state index contributed by atoms with van der Waals surface area (Å²) in [6.07, 6.45) is -10.4. The van der Waals surface area contributed by atoms with Gasteiger partial charge in [-0.3, -0.25) is 0 Å². The Morgan fingerprint density at radius 2 is 1.72 bits per heavy atom. The summed E-state index contributed by atoms with van der Waals surface area (Å²) in [6, 6.07) is 0. The van der Waals surface area contributed by atoms with Crippen LogP contribution in [-0.2, 0) is 19.1 Å². The Labute approximate surface area is 98.0 Å². The van der Waals surface area contributed by atoms with E-state index in [9.17, 15) is 26.3 Å². The molecule has 0 atom stereocenters. The van der Waals surface area contributed by atoms with Gasteiger partial charge in [0.2, 0.25) is 0 Å². The minimum absolute atomic E-state index is 0.349. The Bertz CT molecular complexity index is 412. The van der Waals surface area contributed by atoms with Crippen molar-refractivity contribution in [2.75, 3.05) is 0 Å². The summed E-state index contributed by atoms with van der Waals surface area (Å²) in [7, 11) is 0. The largest absolute Gasteiger partial charge is 0.433 e. The van der Waals surface area contributed by atoms with Crippen LogP contribution in [0.15, 0.2) is 6.20 Å². The van der Waals surface area contributed by atoms with Crippen LogP contribution in [0.1, 0.15) is 23.5 Å². The SMILES string of the molecule is NCc1cnc(CCC(F)(F)F)nc1C(F)(F)F. The van der Waals surface area contributed by atoms with Gasteiger partial charge in [0.05, 0.1) is 6.42 Å². The summed E-state index contributed by atoms with van der Waals surface area (Å²) < 4.78 is 73.3. The predicted molar refractivity (Wildman–Crippen MR) is 49.3 cm³/mol. The Balaban J connectivity index is 2.97. The van der Waals surface area contributed by atoms with Crippen molar-refractivity contribution in [2.24, 2.45) is 5.73 Å². The molecule has 0 fully saturated rings. The van der Waals surface area contributed by atoms with E-state index in [0.717, 1.165) is 6.20 Å². The zero-order chi connectivity index (χ0) is 14.0. The van der Waals surface area contributed by atoms with Crippen LogP contribution < -0.4 is 5.73 Å². The molecule has 1 rings (SSSR count). The third-order valence-electron chi connectivity index (χ3n) is 2.03. The second kappa shape index (κ2) is 5.09. The third kappa shape index (κ3) is 4.13. The summed E-state index contributed by atoms with van der Waals surface area (Å²) >= 11 is 0. The zero-order valence-corrected chi connectivity index (χ0v) is 8.94. The quantitative estimate of drug-likeness (QED) is 0.861. The highest BCUT2D eigenvalue weighted by molar-refractivity contribution is 5.20. The Hall–Kier alpha value is -1.38. The van der Waals surface area contributed by atoms with Crippen molar-refractivity contribution in [2.45, 2.75) is 31.7 Å². The molecular formula is C9H9F6N3. The molecule has 0 bridgehead atoms. The lowest BCUT2D eigenvalue weighted by Gasteiger charge is -2.12. The molecule has 0 saturated heterocycles. The molecule has 0 aliphatic carbocycles. The maximum atomic E-state index is 12.5. The van der Waals surface area contributed by atoms with Crippen LogP contribution >= 0.6 is 0 Å². The van der Waals surface area contributed by atoms with Gasteiger partial charge >= 0.3 is 12.4 Å². The van der Waals surface area contributed by atoms with Crippen molar-refractivity contribution < 1.29 is 26.3 Å². The van der Waals surface area contributed by atoms with Gasteiger partial charge in [-0.2, -0.15) is 26.3 Å². The molecule has 0 radical (unpaired) electrons. The number of aryl methyl sites for hydroxylation is 1. The topological polar surface area (TPSA) is 51.8 Å². The van der Waals surface area contributed by atoms with E-state index in [2.05, 4.69) is 9.97 Å². The molecule has 9 heteroatoms. The summed E-state index contributed by atoms with van der Waals surface area (Å²) in [4.78, 5) is 6.54. The fourth-order valence-corrected chi connectivity index (χ4v) is 1.21. The first-order chi connectivity index (χ1) is 8.13. The second-order valence-electron chi connectivity index (χ2n) is 3.48. The van der Waals surface area contributed by atoms with Gasteiger partial charge < -0.3 is 5.73 Å². The molecule has 1 aromatic rings. The molecule has 1 heterocycles. The first kappa shape index (κ1) is 14.7. The average molecular weight is 273 g/mol. The molecular weight excluding hydrogens is 264 g/mol. The van der Waals surface area contributed by atoms with Gasteiger partial charge in [-0.05, 0) is 0 Å². The Morgan fingerprint density at radius 1 is 1.11 bits per heavy atom. The van der Waals surface area contributed by atoms with Crippen molar-refractivity contribution in [3.05, 3.63) is 23.3 Å². The summed E-state index contributed by atoms with van der Waals surface area (Å²) in [5, 5.41) is 0. The lowest BCUT2D eigenvalue weighted by atomic mass is 10.2. The normalized spacial score (nSPS) is 12.8. The van der Waals surface area contributed by atoms with Crippen LogP contribution in [0.4, 0.5) is 26.3 Å². The van der Waals surface area contributed by atoms with E-state index in [1.807, 2.05) is 0 Å². The molecule has 0 amide bonds. The Kier molecular flexibility index (Phi) is 4.15. The van der Waals surface area contributed by atoms with Crippen molar-refractivity contribution in [1.29, 1.82) is 0 Å². The second-order valence-corrected chi connectivity index (χ2v) is 3.48. The molecule has 2 N–H and O–H groups in total. The highest BCUT2D eigenvalue weighted by atomic mass is 19.4. The fraction of sp³-hybridized carbons (Fsp3) is 0.556. The van der Waals surface area contributed by atoms with E-state index < -0.39 is 43.3 Å². The van der Waals surface area contributed by atoms with Crippen LogP contribution in [0, 0.1) is 0 Å². The van der Waals surface area contributed by atoms with E-state index in [1.165, 1.54) is 0 Å². The first-order valence-corrected chi connectivity index (χ1v) is 4.82. The van der Waals surface area contributed by atoms with Gasteiger partial charge in [0, 0.05) is 24.7 Å². The fourth-order valence-electron chi connectivity index (χ4n) is 1.21. The van der Waals surface area contributed by atoms with Crippen LogP contribution in [0.3, 0.4) is 0 Å². The third-order valence-corrected chi connectivity index (χ3v) is 2.03. The molecule has 18 heavy (non-hydrogen) atoms. The number of nitrogens with zero attached hydrogens (tertiary/aromatic N) is 2. The van der Waals surface area contributed by atoms with E-state index in [-0.39, 0.29) is 5.56 Å². The maximum Gasteiger partial charge on any atom is 0.433 e. The molecule has 1 aromatic heterocycles. The molecule has 0 unspecified atom stereocenters. The number of rotatable bonds is 3. The minimum Gasteiger partial charge on any atom is -0.326 e. The van der Waals surface area contributed by atoms with Gasteiger partial charge in [-0.15, -0.1) is 0 Å². The highest BCUT2D eigenvalue weighted by Gasteiger charge is 2.36. The van der Waals surface area contributed by atoms with Crippen LogP contribution in [0.2, 0.25) is 0 Å². The lowest BCUT2D eigenvalue weighted by Crippen LogP contribution is -2.18. The van der Waals surface area contributed by atoms with E-state index in [4.69, 9.17) is 5.73 Å². The lowest BCUT2D eigenvalue weighted by molar-refractivity contribution is -0.142. The molecule has 3 nitrogen and oxygen atoms in total. The standard InChI is InChI=1S/C9H9F6N3/c10-8(11,12)2-1-6-17-4-5(3-16)7(18-6)9(13,14)15/h4H,1-3,16H2. The maximum absolute atomic E-state index is 12.5. The number of nitrogens with two attached hydrogens (primary N) is 1. The van der Waals surface area contributed by atoms with Crippen LogP contribution in [0.25, 0.3) is 0 Å². The monoisotopic (exact) mass is 273 g/mol. The van der Waals surface area contributed by atoms with Gasteiger partial charge in [-0.1, -0.05) is 0 Å². The first-order valence-electron chi connectivity index (χ1n) is 4.82. The molecule has 0 aromatic carbocycles. The summed E-state index contributed by atoms with van der Waals surface area (Å²) in [5.74, 6) is -0.503. The van der Waals surface area contributed by atoms with E-state index in [0.29, 0.717) is 0 Å². The smallest absolute Gasteiger partial charge is 0.326 e. The summed E-state index contributed by atoms with van der Waals surface area (Å²) in [6.45, 7) is -0.436. The summed E-state index contributed by atoms with van der Waals surface area (Å²) in [5.41, 5.74) is 3.45. The van der Waals surface area contributed by atoms with E-state index in [1.54, 1.807) is 0 Å². The molecule has 0 saturated carbocycles. The molecule has 0 aliphatic heterocycles. The molecule has 0 aliphatic rings. The van der Waals surface area contributed by atoms with Crippen molar-refractivity contribution >= 4 is 0 Å². The van der Waals surface area contributed by atoms with Gasteiger partial charge in [0.15, 0.2) is 5.69 Å². The highest BCUT2D eigenvalue weighted by Crippen LogP contribution is 2.30. The van der Waals surface area contributed by atoms with Gasteiger partial charge in [0.1, 0.15) is 5.82 Å². The predicted octanol–water partition coefficient (Wildman–Crippen LogP) is 2.45. The number of hydrogen-bond donors (Lipinski definition) is 1.